The Morgan fingerprint density at radius 2 is 1.76 bits per heavy atom. The summed E-state index contributed by atoms with van der Waals surface area (Å²) in [4.78, 5) is 19.2. The van der Waals surface area contributed by atoms with Crippen molar-refractivity contribution >= 4 is 50.2 Å². The van der Waals surface area contributed by atoms with E-state index < -0.39 is 0 Å². The molecule has 0 N–H and O–H groups in total. The van der Waals surface area contributed by atoms with E-state index in [0.29, 0.717) is 5.56 Å². The van der Waals surface area contributed by atoms with Crippen molar-refractivity contribution in [3.05, 3.63) is 64.4 Å². The Balaban J connectivity index is 0.00000225. The quantitative estimate of drug-likeness (QED) is 0.558. The van der Waals surface area contributed by atoms with Crippen molar-refractivity contribution in [3.8, 4) is 0 Å². The van der Waals surface area contributed by atoms with Gasteiger partial charge in [0.2, 0.25) is 0 Å². The van der Waals surface area contributed by atoms with Gasteiger partial charge in [-0.05, 0) is 61.4 Å². The molecule has 0 saturated carbocycles. The van der Waals surface area contributed by atoms with Gasteiger partial charge >= 0.3 is 0 Å². The Morgan fingerprint density at radius 1 is 1.08 bits per heavy atom. The Hall–Kier alpha value is -1.53. The van der Waals surface area contributed by atoms with Gasteiger partial charge in [-0.3, -0.25) is 9.79 Å². The molecule has 2 aromatic carbocycles. The summed E-state index contributed by atoms with van der Waals surface area (Å²) < 4.78 is 14.0. The molecule has 0 amide bonds. The van der Waals surface area contributed by atoms with E-state index in [1.54, 1.807) is 0 Å². The molecule has 25 heavy (non-hydrogen) atoms. The molecule has 1 heterocycles. The number of anilines is 1. The van der Waals surface area contributed by atoms with E-state index in [0.717, 1.165) is 41.8 Å². The second-order valence-corrected chi connectivity index (χ2v) is 6.66. The standard InChI is InChI=1S/C19H18BrFN2O.BrH/c20-15-6-10-17(11-7-15)23(19-3-1-2-12-22-19)13-18(24)14-4-8-16(21)9-5-14;/h4-11H,1-3,12-13H2;1H. The van der Waals surface area contributed by atoms with Gasteiger partial charge in [-0.25, -0.2) is 4.39 Å². The summed E-state index contributed by atoms with van der Waals surface area (Å²) in [6.07, 6.45) is 3.03. The molecule has 0 saturated heterocycles. The van der Waals surface area contributed by atoms with Crippen LogP contribution in [0.15, 0.2) is 58.0 Å². The first-order chi connectivity index (χ1) is 11.6. The summed E-state index contributed by atoms with van der Waals surface area (Å²) in [5.74, 6) is 0.554. The average Bonchev–Trinajstić information content (AvgIpc) is 2.62. The highest BCUT2D eigenvalue weighted by molar-refractivity contribution is 9.10. The molecule has 1 aliphatic heterocycles. The van der Waals surface area contributed by atoms with Crippen molar-refractivity contribution in [1.82, 2.24) is 0 Å². The first kappa shape index (κ1) is 19.8. The van der Waals surface area contributed by atoms with Crippen LogP contribution in [0.5, 0.6) is 0 Å². The fourth-order valence-electron chi connectivity index (χ4n) is 2.73. The molecular weight excluding hydrogens is 451 g/mol. The third-order valence-corrected chi connectivity index (χ3v) is 4.55. The molecule has 0 spiro atoms. The summed E-state index contributed by atoms with van der Waals surface area (Å²) in [5, 5.41) is 0. The normalized spacial score (nSPS) is 13.6. The molecule has 0 aromatic heterocycles. The van der Waals surface area contributed by atoms with Gasteiger partial charge in [0, 0.05) is 28.7 Å². The lowest BCUT2D eigenvalue weighted by atomic mass is 10.1. The van der Waals surface area contributed by atoms with E-state index in [4.69, 9.17) is 0 Å². The number of amidine groups is 1. The van der Waals surface area contributed by atoms with Crippen molar-refractivity contribution in [2.45, 2.75) is 19.3 Å². The zero-order valence-electron chi connectivity index (χ0n) is 13.6. The second-order valence-electron chi connectivity index (χ2n) is 5.75. The summed E-state index contributed by atoms with van der Waals surface area (Å²) in [6, 6.07) is 13.5. The predicted octanol–water partition coefficient (Wildman–Crippen LogP) is 5.44. The molecular formula is C19H19Br2FN2O. The number of benzene rings is 2. The van der Waals surface area contributed by atoms with Crippen molar-refractivity contribution in [1.29, 1.82) is 0 Å². The molecule has 6 heteroatoms. The van der Waals surface area contributed by atoms with Crippen LogP contribution >= 0.6 is 32.9 Å². The van der Waals surface area contributed by atoms with Gasteiger partial charge in [-0.1, -0.05) is 15.9 Å². The van der Waals surface area contributed by atoms with Gasteiger partial charge in [0.05, 0.1) is 6.54 Å². The van der Waals surface area contributed by atoms with Crippen molar-refractivity contribution < 1.29 is 9.18 Å². The number of rotatable bonds is 4. The van der Waals surface area contributed by atoms with Gasteiger partial charge in [-0.15, -0.1) is 17.0 Å². The summed E-state index contributed by atoms with van der Waals surface area (Å²) >= 11 is 3.43. The third kappa shape index (κ3) is 5.22. The van der Waals surface area contributed by atoms with Gasteiger partial charge in [0.1, 0.15) is 11.7 Å². The number of carbonyl (C=O) groups excluding carboxylic acids is 1. The van der Waals surface area contributed by atoms with Crippen LogP contribution in [0.3, 0.4) is 0 Å². The summed E-state index contributed by atoms with van der Waals surface area (Å²) in [6.45, 7) is 0.999. The van der Waals surface area contributed by atoms with Gasteiger partial charge in [-0.2, -0.15) is 0 Å². The number of aliphatic imine (C=N–C) groups is 1. The molecule has 1 aliphatic rings. The minimum Gasteiger partial charge on any atom is -0.322 e. The smallest absolute Gasteiger partial charge is 0.182 e. The number of Topliss-reactive ketones (excluding diaryl/α,β-unsaturated/α-hetero) is 1. The first-order valence-corrected chi connectivity index (χ1v) is 8.78. The molecule has 0 atom stereocenters. The van der Waals surface area contributed by atoms with Crippen LogP contribution in [0.25, 0.3) is 0 Å². The van der Waals surface area contributed by atoms with Crippen LogP contribution in [0, 0.1) is 5.82 Å². The predicted molar refractivity (Wildman–Crippen MR) is 109 cm³/mol. The fraction of sp³-hybridized carbons (Fsp3) is 0.263. The van der Waals surface area contributed by atoms with Crippen molar-refractivity contribution in [3.63, 3.8) is 0 Å². The van der Waals surface area contributed by atoms with Crippen LogP contribution in [0.1, 0.15) is 29.6 Å². The van der Waals surface area contributed by atoms with Crippen LogP contribution in [-0.4, -0.2) is 24.7 Å². The maximum absolute atomic E-state index is 13.1. The largest absolute Gasteiger partial charge is 0.322 e. The lowest BCUT2D eigenvalue weighted by Crippen LogP contribution is -2.37. The van der Waals surface area contributed by atoms with Gasteiger partial charge in [0.15, 0.2) is 5.78 Å². The molecule has 0 unspecified atom stereocenters. The van der Waals surface area contributed by atoms with E-state index in [2.05, 4.69) is 20.9 Å². The summed E-state index contributed by atoms with van der Waals surface area (Å²) in [7, 11) is 0. The molecule has 0 aliphatic carbocycles. The minimum atomic E-state index is -0.340. The Morgan fingerprint density at radius 3 is 2.36 bits per heavy atom. The molecule has 0 bridgehead atoms. The molecule has 2 aromatic rings. The van der Waals surface area contributed by atoms with E-state index in [1.807, 2.05) is 29.2 Å². The SMILES string of the molecule is Br.O=C(CN(C1=NCCCC1)c1ccc(Br)cc1)c1ccc(F)cc1. The maximum atomic E-state index is 13.1. The first-order valence-electron chi connectivity index (χ1n) is 7.99. The number of carbonyl (C=O) groups is 1. The highest BCUT2D eigenvalue weighted by Crippen LogP contribution is 2.22. The number of hydrogen-bond donors (Lipinski definition) is 0. The van der Waals surface area contributed by atoms with Crippen LogP contribution < -0.4 is 4.90 Å². The molecule has 3 nitrogen and oxygen atoms in total. The van der Waals surface area contributed by atoms with Gasteiger partial charge in [0.25, 0.3) is 0 Å². The Labute approximate surface area is 165 Å². The van der Waals surface area contributed by atoms with Crippen LogP contribution in [0.2, 0.25) is 0 Å². The topological polar surface area (TPSA) is 32.7 Å². The highest BCUT2D eigenvalue weighted by Gasteiger charge is 2.20. The number of nitrogens with zero attached hydrogens (tertiary/aromatic N) is 2. The van der Waals surface area contributed by atoms with Crippen molar-refractivity contribution in [2.24, 2.45) is 4.99 Å². The van der Waals surface area contributed by atoms with E-state index in [-0.39, 0.29) is 35.1 Å². The maximum Gasteiger partial charge on any atom is 0.182 e. The fourth-order valence-corrected chi connectivity index (χ4v) is 2.99. The van der Waals surface area contributed by atoms with Crippen LogP contribution in [-0.2, 0) is 0 Å². The van der Waals surface area contributed by atoms with E-state index in [9.17, 15) is 9.18 Å². The third-order valence-electron chi connectivity index (χ3n) is 4.02. The number of halogens is 3. The average molecular weight is 470 g/mol. The zero-order chi connectivity index (χ0) is 16.9. The van der Waals surface area contributed by atoms with E-state index >= 15 is 0 Å². The zero-order valence-corrected chi connectivity index (χ0v) is 16.9. The van der Waals surface area contributed by atoms with Crippen molar-refractivity contribution in [2.75, 3.05) is 18.0 Å². The molecule has 0 radical (unpaired) electrons. The lowest BCUT2D eigenvalue weighted by Gasteiger charge is -2.28. The minimum absolute atomic E-state index is 0. The second kappa shape index (κ2) is 9.25. The number of hydrogen-bond acceptors (Lipinski definition) is 3. The highest BCUT2D eigenvalue weighted by atomic mass is 79.9. The number of ketones is 1. The molecule has 132 valence electrons. The van der Waals surface area contributed by atoms with Crippen LogP contribution in [0.4, 0.5) is 10.1 Å². The van der Waals surface area contributed by atoms with E-state index in [1.165, 1.54) is 24.3 Å². The monoisotopic (exact) mass is 468 g/mol. The van der Waals surface area contributed by atoms with Gasteiger partial charge < -0.3 is 4.90 Å². The molecule has 3 rings (SSSR count). The Kier molecular flexibility index (Phi) is 7.32. The Bertz CT molecular complexity index is 745. The lowest BCUT2D eigenvalue weighted by molar-refractivity contribution is 0.100. The summed E-state index contributed by atoms with van der Waals surface area (Å²) in [5.41, 5.74) is 1.45. The molecule has 0 fully saturated rings.